The Morgan fingerprint density at radius 2 is 1.79 bits per heavy atom. The molecule has 0 fully saturated rings. The molecule has 0 aliphatic carbocycles. The number of nitrogens with two attached hydrogens (primary N) is 2. The second kappa shape index (κ2) is 3.79. The molecule has 0 saturated heterocycles. The highest BCUT2D eigenvalue weighted by atomic mass is 31.2. The SMILES string of the molecule is NP(N)(=O)Nc1ccc(C(=O)O)cc1. The third-order valence-electron chi connectivity index (χ3n) is 1.44. The minimum absolute atomic E-state index is 0.138. The Kier molecular flexibility index (Phi) is 2.90. The minimum Gasteiger partial charge on any atom is -0.478 e. The number of rotatable bonds is 3. The molecule has 0 aliphatic rings. The van der Waals surface area contributed by atoms with Crippen molar-refractivity contribution in [2.75, 3.05) is 5.09 Å². The fourth-order valence-corrected chi connectivity index (χ4v) is 1.44. The van der Waals surface area contributed by atoms with E-state index in [1.807, 2.05) is 0 Å². The van der Waals surface area contributed by atoms with E-state index in [9.17, 15) is 9.36 Å². The summed E-state index contributed by atoms with van der Waals surface area (Å²) in [6.07, 6.45) is 0. The molecule has 0 amide bonds. The summed E-state index contributed by atoms with van der Waals surface area (Å²) in [6.45, 7) is 0. The van der Waals surface area contributed by atoms with E-state index in [4.69, 9.17) is 16.1 Å². The van der Waals surface area contributed by atoms with Gasteiger partial charge in [0, 0.05) is 5.69 Å². The number of carbonyl (C=O) groups is 1. The lowest BCUT2D eigenvalue weighted by Crippen LogP contribution is -2.13. The molecule has 0 saturated carbocycles. The summed E-state index contributed by atoms with van der Waals surface area (Å²) in [4.78, 5) is 10.5. The van der Waals surface area contributed by atoms with Crippen LogP contribution in [0.25, 0.3) is 0 Å². The number of carboxylic acid groups (broad SMARTS) is 1. The number of anilines is 1. The highest BCUT2D eigenvalue weighted by Gasteiger charge is 2.08. The van der Waals surface area contributed by atoms with Gasteiger partial charge in [-0.05, 0) is 24.3 Å². The van der Waals surface area contributed by atoms with Crippen LogP contribution in [0.2, 0.25) is 0 Å². The quantitative estimate of drug-likeness (QED) is 0.554. The smallest absolute Gasteiger partial charge is 0.335 e. The van der Waals surface area contributed by atoms with Gasteiger partial charge in [0.15, 0.2) is 0 Å². The lowest BCUT2D eigenvalue weighted by Gasteiger charge is -2.09. The summed E-state index contributed by atoms with van der Waals surface area (Å²) < 4.78 is 10.9. The zero-order valence-corrected chi connectivity index (χ0v) is 8.07. The fraction of sp³-hybridized carbons (Fsp3) is 0. The Hall–Kier alpha value is -1.36. The molecule has 0 bridgehead atoms. The van der Waals surface area contributed by atoms with Gasteiger partial charge in [-0.15, -0.1) is 0 Å². The predicted molar refractivity (Wildman–Crippen MR) is 53.0 cm³/mol. The van der Waals surface area contributed by atoms with Gasteiger partial charge in [-0.25, -0.2) is 4.79 Å². The molecule has 1 rings (SSSR count). The van der Waals surface area contributed by atoms with Crippen molar-refractivity contribution >= 4 is 19.3 Å². The number of hydrogen-bond donors (Lipinski definition) is 4. The molecule has 0 spiro atoms. The molecule has 6 nitrogen and oxygen atoms in total. The molecule has 14 heavy (non-hydrogen) atoms. The summed E-state index contributed by atoms with van der Waals surface area (Å²) >= 11 is 0. The van der Waals surface area contributed by atoms with Crippen LogP contribution in [-0.2, 0) is 4.57 Å². The van der Waals surface area contributed by atoms with E-state index in [0.717, 1.165) is 0 Å². The van der Waals surface area contributed by atoms with Crippen LogP contribution in [0.4, 0.5) is 5.69 Å². The largest absolute Gasteiger partial charge is 0.478 e. The maximum absolute atomic E-state index is 10.9. The van der Waals surface area contributed by atoms with Crippen molar-refractivity contribution in [2.24, 2.45) is 11.0 Å². The number of aromatic carboxylic acids is 1. The Morgan fingerprint density at radius 1 is 1.29 bits per heavy atom. The van der Waals surface area contributed by atoms with E-state index in [-0.39, 0.29) is 5.56 Å². The molecule has 7 heteroatoms. The van der Waals surface area contributed by atoms with Gasteiger partial charge in [-0.3, -0.25) is 15.6 Å². The third-order valence-corrected chi connectivity index (χ3v) is 2.04. The molecular weight excluding hydrogens is 205 g/mol. The van der Waals surface area contributed by atoms with Crippen LogP contribution < -0.4 is 16.1 Å². The highest BCUT2D eigenvalue weighted by molar-refractivity contribution is 7.60. The average molecular weight is 215 g/mol. The van der Waals surface area contributed by atoms with E-state index in [1.165, 1.54) is 24.3 Å². The lowest BCUT2D eigenvalue weighted by atomic mass is 10.2. The molecule has 1 aromatic carbocycles. The average Bonchev–Trinajstić information content (AvgIpc) is 2.02. The molecule has 6 N–H and O–H groups in total. The number of nitrogens with one attached hydrogen (secondary N) is 1. The summed E-state index contributed by atoms with van der Waals surface area (Å²) in [6, 6.07) is 5.60. The first-order chi connectivity index (χ1) is 6.38. The number of benzene rings is 1. The van der Waals surface area contributed by atoms with Gasteiger partial charge in [0.1, 0.15) is 0 Å². The third kappa shape index (κ3) is 3.18. The molecule has 0 atom stereocenters. The van der Waals surface area contributed by atoms with E-state index in [2.05, 4.69) is 5.09 Å². The van der Waals surface area contributed by atoms with Gasteiger partial charge < -0.3 is 10.2 Å². The van der Waals surface area contributed by atoms with Crippen molar-refractivity contribution in [1.82, 2.24) is 0 Å². The van der Waals surface area contributed by atoms with Crippen molar-refractivity contribution in [1.29, 1.82) is 0 Å². The van der Waals surface area contributed by atoms with Crippen LogP contribution in [0.15, 0.2) is 24.3 Å². The second-order valence-corrected chi connectivity index (χ2v) is 4.35. The second-order valence-electron chi connectivity index (χ2n) is 2.70. The van der Waals surface area contributed by atoms with Crippen molar-refractivity contribution in [3.8, 4) is 0 Å². The maximum Gasteiger partial charge on any atom is 0.335 e. The Labute approximate surface area is 80.4 Å². The van der Waals surface area contributed by atoms with E-state index < -0.39 is 13.6 Å². The first kappa shape index (κ1) is 10.7. The van der Waals surface area contributed by atoms with Crippen molar-refractivity contribution < 1.29 is 14.5 Å². The van der Waals surface area contributed by atoms with Gasteiger partial charge >= 0.3 is 5.97 Å². The van der Waals surface area contributed by atoms with Crippen molar-refractivity contribution in [3.63, 3.8) is 0 Å². The molecular formula is C7H10N3O3P. The Bertz CT molecular complexity index is 384. The van der Waals surface area contributed by atoms with Gasteiger partial charge in [0.25, 0.3) is 7.59 Å². The summed E-state index contributed by atoms with van der Waals surface area (Å²) in [5, 5.41) is 10.9. The topological polar surface area (TPSA) is 118 Å². The van der Waals surface area contributed by atoms with Crippen molar-refractivity contribution in [3.05, 3.63) is 29.8 Å². The zero-order chi connectivity index (χ0) is 10.8. The molecule has 76 valence electrons. The standard InChI is InChI=1S/C7H10N3O3P/c8-14(9,13)10-6-3-1-5(2-4-6)7(11)12/h1-4H,(H,11,12)(H5,8,9,10,13). The van der Waals surface area contributed by atoms with Gasteiger partial charge in [0.2, 0.25) is 0 Å². The number of carboxylic acids is 1. The van der Waals surface area contributed by atoms with Gasteiger partial charge in [-0.1, -0.05) is 0 Å². The molecule has 0 aliphatic heterocycles. The highest BCUT2D eigenvalue weighted by Crippen LogP contribution is 2.27. The van der Waals surface area contributed by atoms with Crippen LogP contribution in [0, 0.1) is 0 Å². The van der Waals surface area contributed by atoms with E-state index >= 15 is 0 Å². The number of hydrogen-bond acceptors (Lipinski definition) is 2. The van der Waals surface area contributed by atoms with Crippen LogP contribution >= 0.6 is 7.59 Å². The maximum atomic E-state index is 10.9. The molecule has 0 unspecified atom stereocenters. The summed E-state index contributed by atoms with van der Waals surface area (Å²) in [5.41, 5.74) is 10.7. The monoisotopic (exact) mass is 215 g/mol. The lowest BCUT2D eigenvalue weighted by molar-refractivity contribution is 0.0697. The van der Waals surface area contributed by atoms with E-state index in [0.29, 0.717) is 5.69 Å². The van der Waals surface area contributed by atoms with Crippen LogP contribution in [0.3, 0.4) is 0 Å². The zero-order valence-electron chi connectivity index (χ0n) is 7.18. The first-order valence-corrected chi connectivity index (χ1v) is 5.52. The Balaban J connectivity index is 2.84. The Morgan fingerprint density at radius 3 is 2.14 bits per heavy atom. The fourth-order valence-electron chi connectivity index (χ4n) is 0.889. The predicted octanol–water partition coefficient (Wildman–Crippen LogP) is 0.822. The molecule has 0 heterocycles. The normalized spacial score (nSPS) is 11.0. The molecule has 0 radical (unpaired) electrons. The summed E-state index contributed by atoms with van der Waals surface area (Å²) in [7, 11) is -3.32. The molecule has 0 aromatic heterocycles. The first-order valence-electron chi connectivity index (χ1n) is 3.67. The van der Waals surface area contributed by atoms with Crippen LogP contribution in [0.5, 0.6) is 0 Å². The molecule has 1 aromatic rings. The minimum atomic E-state index is -3.32. The summed E-state index contributed by atoms with van der Waals surface area (Å²) in [5.74, 6) is -1.03. The van der Waals surface area contributed by atoms with Gasteiger partial charge in [0.05, 0.1) is 5.56 Å². The van der Waals surface area contributed by atoms with Crippen molar-refractivity contribution in [2.45, 2.75) is 0 Å². The van der Waals surface area contributed by atoms with Crippen LogP contribution in [-0.4, -0.2) is 11.1 Å². The van der Waals surface area contributed by atoms with Crippen LogP contribution in [0.1, 0.15) is 10.4 Å². The van der Waals surface area contributed by atoms with E-state index in [1.54, 1.807) is 0 Å². The van der Waals surface area contributed by atoms with Gasteiger partial charge in [-0.2, -0.15) is 0 Å².